The summed E-state index contributed by atoms with van der Waals surface area (Å²) in [7, 11) is 0. The van der Waals surface area contributed by atoms with Crippen LogP contribution >= 0.6 is 0 Å². The molecule has 3 heterocycles. The summed E-state index contributed by atoms with van der Waals surface area (Å²) in [5, 5.41) is 0.958. The van der Waals surface area contributed by atoms with Crippen LogP contribution in [0.15, 0.2) is 72.4 Å². The number of pyridine rings is 1. The third-order valence-corrected chi connectivity index (χ3v) is 4.96. The Hall–Kier alpha value is -3.12. The van der Waals surface area contributed by atoms with Crippen molar-refractivity contribution in [2.45, 2.75) is 13.8 Å². The first kappa shape index (κ1) is 20.6. The lowest BCUT2D eigenvalue weighted by Crippen LogP contribution is -2.45. The summed E-state index contributed by atoms with van der Waals surface area (Å²) in [4.78, 5) is 23.8. The van der Waals surface area contributed by atoms with Gasteiger partial charge >= 0.3 is 0 Å². The van der Waals surface area contributed by atoms with E-state index in [9.17, 15) is 4.79 Å². The zero-order chi connectivity index (χ0) is 20.6. The highest BCUT2D eigenvalue weighted by atomic mass is 16.5. The van der Waals surface area contributed by atoms with Crippen molar-refractivity contribution >= 4 is 17.3 Å². The topological polar surface area (TPSA) is 61.5 Å². The number of piperazine rings is 1. The van der Waals surface area contributed by atoms with Gasteiger partial charge in [0.05, 0.1) is 11.8 Å². The Labute approximate surface area is 171 Å². The quantitative estimate of drug-likeness (QED) is 0.244. The molecule has 0 unspecified atom stereocenters. The van der Waals surface area contributed by atoms with E-state index < -0.39 is 0 Å². The maximum Gasteiger partial charge on any atom is 0.153 e. The Morgan fingerprint density at radius 3 is 2.83 bits per heavy atom. The minimum Gasteiger partial charge on any atom is -0.455 e. The minimum atomic E-state index is 0.492. The maximum atomic E-state index is 11.7. The lowest BCUT2D eigenvalue weighted by Gasteiger charge is -2.36. The van der Waals surface area contributed by atoms with E-state index in [1.807, 2.05) is 43.5 Å². The summed E-state index contributed by atoms with van der Waals surface area (Å²) in [6.07, 6.45) is 11.8. The Kier molecular flexibility index (Phi) is 7.03. The first-order valence-corrected chi connectivity index (χ1v) is 9.84. The number of nitrogens with one attached hydrogen (secondary N) is 1. The molecule has 0 aromatic carbocycles. The molecule has 1 saturated heterocycles. The van der Waals surface area contributed by atoms with E-state index >= 15 is 0 Å². The van der Waals surface area contributed by atoms with E-state index in [0.717, 1.165) is 55.7 Å². The molecule has 3 rings (SSSR count). The molecule has 2 aromatic rings. The van der Waals surface area contributed by atoms with Gasteiger partial charge in [-0.15, -0.1) is 6.58 Å². The molecule has 0 bridgehead atoms. The summed E-state index contributed by atoms with van der Waals surface area (Å²) in [6, 6.07) is 3.85. The van der Waals surface area contributed by atoms with Crippen LogP contribution in [0.5, 0.6) is 5.75 Å². The van der Waals surface area contributed by atoms with Gasteiger partial charge in [0.25, 0.3) is 0 Å². The zero-order valence-electron chi connectivity index (χ0n) is 17.1. The molecule has 0 amide bonds. The molecule has 0 aliphatic carbocycles. The second kappa shape index (κ2) is 9.89. The van der Waals surface area contributed by atoms with Crippen molar-refractivity contribution < 1.29 is 9.53 Å². The van der Waals surface area contributed by atoms with E-state index in [0.29, 0.717) is 17.1 Å². The van der Waals surface area contributed by atoms with E-state index in [2.05, 4.69) is 33.3 Å². The highest BCUT2D eigenvalue weighted by Gasteiger charge is 2.17. The highest BCUT2D eigenvalue weighted by molar-refractivity contribution is 5.80. The lowest BCUT2D eigenvalue weighted by molar-refractivity contribution is -0.104. The number of nitrogens with zero attached hydrogens (tertiary/aromatic N) is 3. The maximum absolute atomic E-state index is 11.7. The first-order chi connectivity index (χ1) is 14.1. The molecule has 2 aromatic heterocycles. The van der Waals surface area contributed by atoms with Gasteiger partial charge in [0, 0.05) is 56.1 Å². The molecule has 0 atom stereocenters. The molecule has 0 saturated carbocycles. The smallest absolute Gasteiger partial charge is 0.153 e. The summed E-state index contributed by atoms with van der Waals surface area (Å²) in [5.74, 6) is 1.11. The van der Waals surface area contributed by atoms with Crippen molar-refractivity contribution in [1.29, 1.82) is 0 Å². The number of carbonyl (C=O) groups is 1. The molecule has 1 aliphatic heterocycles. The predicted molar refractivity (Wildman–Crippen MR) is 117 cm³/mol. The Bertz CT molecular complexity index is 947. The fourth-order valence-corrected chi connectivity index (χ4v) is 3.38. The standard InChI is InChI=1S/C23H28N4O2/c1-4-6-20(17-28)22(29-21-15-19-7-8-24-23(19)25-16-21)14-18(3)27-12-10-26(9-5-2)11-13-27/h4-8,14-17H,2,9-13H2,1,3H3,(H,24,25)/b6-4-,18-14+,22-20-. The van der Waals surface area contributed by atoms with Crippen LogP contribution < -0.4 is 4.74 Å². The molecule has 152 valence electrons. The molecular weight excluding hydrogens is 364 g/mol. The number of fused-ring (bicyclic) bond motifs is 1. The van der Waals surface area contributed by atoms with Crippen LogP contribution in [0, 0.1) is 0 Å². The Morgan fingerprint density at radius 2 is 2.14 bits per heavy atom. The van der Waals surface area contributed by atoms with E-state index in [1.54, 1.807) is 12.3 Å². The fourth-order valence-electron chi connectivity index (χ4n) is 3.38. The van der Waals surface area contributed by atoms with E-state index in [4.69, 9.17) is 4.74 Å². The van der Waals surface area contributed by atoms with Crippen LogP contribution in [0.1, 0.15) is 13.8 Å². The van der Waals surface area contributed by atoms with Crippen LogP contribution in [0.4, 0.5) is 0 Å². The number of carbonyl (C=O) groups excluding carboxylic acids is 1. The van der Waals surface area contributed by atoms with Gasteiger partial charge < -0.3 is 14.6 Å². The number of rotatable bonds is 8. The molecule has 0 spiro atoms. The number of ether oxygens (including phenoxy) is 1. The average Bonchev–Trinajstić information content (AvgIpc) is 3.20. The molecule has 6 nitrogen and oxygen atoms in total. The van der Waals surface area contributed by atoms with Gasteiger partial charge in [-0.3, -0.25) is 9.69 Å². The number of aromatic amines is 1. The lowest BCUT2D eigenvalue weighted by atomic mass is 10.2. The summed E-state index contributed by atoms with van der Waals surface area (Å²) >= 11 is 0. The van der Waals surface area contributed by atoms with E-state index in [1.165, 1.54) is 0 Å². The second-order valence-corrected chi connectivity index (χ2v) is 6.99. The number of aromatic nitrogens is 2. The molecule has 1 fully saturated rings. The van der Waals surface area contributed by atoms with Crippen molar-refractivity contribution in [3.63, 3.8) is 0 Å². The highest BCUT2D eigenvalue weighted by Crippen LogP contribution is 2.22. The van der Waals surface area contributed by atoms with Crippen molar-refractivity contribution in [3.8, 4) is 5.75 Å². The number of H-pyrrole nitrogens is 1. The summed E-state index contributed by atoms with van der Waals surface area (Å²) in [5.41, 5.74) is 2.36. The van der Waals surface area contributed by atoms with Crippen LogP contribution in [0.3, 0.4) is 0 Å². The minimum absolute atomic E-state index is 0.492. The predicted octanol–water partition coefficient (Wildman–Crippen LogP) is 3.68. The molecule has 0 radical (unpaired) electrons. The molecule has 1 aliphatic rings. The van der Waals surface area contributed by atoms with Crippen LogP contribution in [0.2, 0.25) is 0 Å². The van der Waals surface area contributed by atoms with Gasteiger partial charge in [0.1, 0.15) is 17.2 Å². The molecule has 1 N–H and O–H groups in total. The number of hydrogen-bond acceptors (Lipinski definition) is 5. The molecule has 29 heavy (non-hydrogen) atoms. The van der Waals surface area contributed by atoms with Gasteiger partial charge in [0.2, 0.25) is 0 Å². The summed E-state index contributed by atoms with van der Waals surface area (Å²) in [6.45, 7) is 12.5. The van der Waals surface area contributed by atoms with Gasteiger partial charge in [0.15, 0.2) is 6.29 Å². The van der Waals surface area contributed by atoms with Gasteiger partial charge in [-0.1, -0.05) is 18.2 Å². The van der Waals surface area contributed by atoms with Gasteiger partial charge in [-0.25, -0.2) is 4.98 Å². The Balaban J connectivity index is 1.84. The third-order valence-electron chi connectivity index (χ3n) is 4.96. The molecular formula is C23H28N4O2. The molecule has 6 heteroatoms. The van der Waals surface area contributed by atoms with Crippen LogP contribution in [-0.4, -0.2) is 58.8 Å². The van der Waals surface area contributed by atoms with Gasteiger partial charge in [-0.2, -0.15) is 0 Å². The zero-order valence-corrected chi connectivity index (χ0v) is 17.1. The Morgan fingerprint density at radius 1 is 1.34 bits per heavy atom. The number of aldehydes is 1. The first-order valence-electron chi connectivity index (χ1n) is 9.84. The van der Waals surface area contributed by atoms with E-state index in [-0.39, 0.29) is 0 Å². The van der Waals surface area contributed by atoms with Gasteiger partial charge in [-0.05, 0) is 26.0 Å². The van der Waals surface area contributed by atoms with Crippen molar-refractivity contribution in [3.05, 3.63) is 72.4 Å². The largest absolute Gasteiger partial charge is 0.455 e. The SMILES string of the molecule is C=CCN1CCN(/C(C)=C/C(Oc2cnc3[nH]ccc3c2)=C(C=O)\C=C/C)CC1. The normalized spacial score (nSPS) is 16.9. The average molecular weight is 393 g/mol. The van der Waals surface area contributed by atoms with Crippen molar-refractivity contribution in [1.82, 2.24) is 19.8 Å². The van der Waals surface area contributed by atoms with Crippen LogP contribution in [-0.2, 0) is 4.79 Å². The second-order valence-electron chi connectivity index (χ2n) is 6.99. The van der Waals surface area contributed by atoms with Crippen LogP contribution in [0.25, 0.3) is 11.0 Å². The van der Waals surface area contributed by atoms with Crippen molar-refractivity contribution in [2.75, 3.05) is 32.7 Å². The number of hydrogen-bond donors (Lipinski definition) is 1. The monoisotopic (exact) mass is 392 g/mol. The third kappa shape index (κ3) is 5.23. The fraction of sp³-hybridized carbons (Fsp3) is 0.304. The summed E-state index contributed by atoms with van der Waals surface area (Å²) < 4.78 is 6.11. The van der Waals surface area contributed by atoms with Crippen molar-refractivity contribution in [2.24, 2.45) is 0 Å². The number of allylic oxidation sites excluding steroid dienone is 5.